The molecular weight excluding hydrogens is 266 g/mol. The molecule has 18 heavy (non-hydrogen) atoms. The number of halogens is 1. The van der Waals surface area contributed by atoms with Gasteiger partial charge < -0.3 is 4.90 Å². The highest BCUT2D eigenvalue weighted by Gasteiger charge is 2.28. The molecule has 0 bridgehead atoms. The summed E-state index contributed by atoms with van der Waals surface area (Å²) >= 11 is 7.72. The molecule has 0 saturated carbocycles. The number of aromatic nitrogens is 2. The van der Waals surface area contributed by atoms with Crippen molar-refractivity contribution in [3.05, 3.63) is 16.2 Å². The number of hydrogen-bond acceptors (Lipinski definition) is 4. The summed E-state index contributed by atoms with van der Waals surface area (Å²) in [5.74, 6) is 2.41. The Morgan fingerprint density at radius 3 is 2.61 bits per heavy atom. The summed E-state index contributed by atoms with van der Waals surface area (Å²) in [6, 6.07) is 2.17. The molecule has 2 aromatic rings. The Hall–Kier alpha value is -0.870. The zero-order valence-corrected chi connectivity index (χ0v) is 12.3. The summed E-state index contributed by atoms with van der Waals surface area (Å²) in [6.45, 7) is 8.79. The minimum atomic E-state index is 0.353. The van der Waals surface area contributed by atoms with E-state index >= 15 is 0 Å². The minimum absolute atomic E-state index is 0.353. The zero-order valence-electron chi connectivity index (χ0n) is 10.8. The van der Waals surface area contributed by atoms with Crippen LogP contribution in [0.25, 0.3) is 10.2 Å². The van der Waals surface area contributed by atoms with E-state index in [-0.39, 0.29) is 0 Å². The standard InChI is InChI=1S/C13H16ClN3S/c1-7-5-17(6-8(7)2)11-10-4-9(3)18-12(10)16-13(14)15-11/h4,7-8H,5-6H2,1-3H3. The van der Waals surface area contributed by atoms with Crippen molar-refractivity contribution < 1.29 is 0 Å². The predicted octanol–water partition coefficient (Wildman–Crippen LogP) is 3.75. The van der Waals surface area contributed by atoms with Crippen molar-refractivity contribution in [2.75, 3.05) is 18.0 Å². The lowest BCUT2D eigenvalue weighted by molar-refractivity contribution is 0.494. The summed E-state index contributed by atoms with van der Waals surface area (Å²) in [7, 11) is 0. The third-order valence-corrected chi connectivity index (χ3v) is 4.87. The molecule has 3 heterocycles. The van der Waals surface area contributed by atoms with E-state index in [1.165, 1.54) is 4.88 Å². The fraction of sp³-hybridized carbons (Fsp3) is 0.538. The zero-order chi connectivity index (χ0) is 12.9. The first-order valence-corrected chi connectivity index (χ1v) is 7.42. The van der Waals surface area contributed by atoms with Gasteiger partial charge in [0.1, 0.15) is 10.6 Å². The molecule has 1 saturated heterocycles. The van der Waals surface area contributed by atoms with Gasteiger partial charge in [0.15, 0.2) is 0 Å². The van der Waals surface area contributed by atoms with E-state index in [9.17, 15) is 0 Å². The van der Waals surface area contributed by atoms with Crippen LogP contribution in [0.5, 0.6) is 0 Å². The first kappa shape index (κ1) is 12.2. The molecule has 0 aliphatic carbocycles. The number of nitrogens with zero attached hydrogens (tertiary/aromatic N) is 3. The average Bonchev–Trinajstić information content (AvgIpc) is 2.81. The molecule has 1 aliphatic heterocycles. The van der Waals surface area contributed by atoms with Crippen molar-refractivity contribution in [1.29, 1.82) is 0 Å². The highest BCUT2D eigenvalue weighted by Crippen LogP contribution is 2.35. The van der Waals surface area contributed by atoms with Gasteiger partial charge in [-0.2, -0.15) is 4.98 Å². The Labute approximate surface area is 116 Å². The Morgan fingerprint density at radius 1 is 1.28 bits per heavy atom. The topological polar surface area (TPSA) is 29.0 Å². The van der Waals surface area contributed by atoms with Crippen LogP contribution in [0.2, 0.25) is 5.28 Å². The van der Waals surface area contributed by atoms with Crippen LogP contribution in [-0.4, -0.2) is 23.1 Å². The van der Waals surface area contributed by atoms with Crippen molar-refractivity contribution in [2.45, 2.75) is 20.8 Å². The molecule has 0 N–H and O–H groups in total. The predicted molar refractivity (Wildman–Crippen MR) is 77.7 cm³/mol. The molecule has 0 amide bonds. The maximum Gasteiger partial charge on any atom is 0.225 e. The lowest BCUT2D eigenvalue weighted by Gasteiger charge is -2.17. The molecular formula is C13H16ClN3S. The second-order valence-corrected chi connectivity index (χ2v) is 6.82. The fourth-order valence-corrected chi connectivity index (χ4v) is 3.63. The molecule has 2 unspecified atom stereocenters. The highest BCUT2D eigenvalue weighted by molar-refractivity contribution is 7.18. The van der Waals surface area contributed by atoms with Gasteiger partial charge in [-0.05, 0) is 36.4 Å². The third kappa shape index (κ3) is 1.97. The fourth-order valence-electron chi connectivity index (χ4n) is 2.55. The maximum absolute atomic E-state index is 6.04. The van der Waals surface area contributed by atoms with E-state index in [4.69, 9.17) is 11.6 Å². The van der Waals surface area contributed by atoms with E-state index < -0.39 is 0 Å². The lowest BCUT2D eigenvalue weighted by Crippen LogP contribution is -2.21. The number of aryl methyl sites for hydroxylation is 1. The van der Waals surface area contributed by atoms with Crippen LogP contribution in [0.4, 0.5) is 5.82 Å². The summed E-state index contributed by atoms with van der Waals surface area (Å²) in [4.78, 5) is 13.4. The van der Waals surface area contributed by atoms with Crippen molar-refractivity contribution in [1.82, 2.24) is 9.97 Å². The van der Waals surface area contributed by atoms with Crippen molar-refractivity contribution >= 4 is 39.0 Å². The maximum atomic E-state index is 6.04. The van der Waals surface area contributed by atoms with Crippen molar-refractivity contribution in [3.63, 3.8) is 0 Å². The van der Waals surface area contributed by atoms with Gasteiger partial charge in [0, 0.05) is 18.0 Å². The lowest BCUT2D eigenvalue weighted by atomic mass is 10.0. The minimum Gasteiger partial charge on any atom is -0.355 e. The summed E-state index contributed by atoms with van der Waals surface area (Å²) in [5.41, 5.74) is 0. The Bertz CT molecular complexity index is 585. The third-order valence-electron chi connectivity index (χ3n) is 3.76. The van der Waals surface area contributed by atoms with E-state index in [0.29, 0.717) is 17.1 Å². The number of rotatable bonds is 1. The molecule has 3 rings (SSSR count). The van der Waals surface area contributed by atoms with E-state index in [1.54, 1.807) is 11.3 Å². The smallest absolute Gasteiger partial charge is 0.225 e. The second-order valence-electron chi connectivity index (χ2n) is 5.25. The average molecular weight is 282 g/mol. The summed E-state index contributed by atoms with van der Waals surface area (Å²) in [6.07, 6.45) is 0. The SMILES string of the molecule is Cc1cc2c(N3CC(C)C(C)C3)nc(Cl)nc2s1. The van der Waals surface area contributed by atoms with Crippen molar-refractivity contribution in [2.24, 2.45) is 11.8 Å². The van der Waals surface area contributed by atoms with Crippen LogP contribution in [0.1, 0.15) is 18.7 Å². The Kier molecular flexibility index (Phi) is 2.94. The number of fused-ring (bicyclic) bond motifs is 1. The van der Waals surface area contributed by atoms with Crippen molar-refractivity contribution in [3.8, 4) is 0 Å². The molecule has 2 aromatic heterocycles. The van der Waals surface area contributed by atoms with Crippen LogP contribution >= 0.6 is 22.9 Å². The first-order valence-electron chi connectivity index (χ1n) is 6.23. The Balaban J connectivity index is 2.11. The van der Waals surface area contributed by atoms with Gasteiger partial charge in [-0.15, -0.1) is 11.3 Å². The van der Waals surface area contributed by atoms with Gasteiger partial charge in [0.25, 0.3) is 0 Å². The Morgan fingerprint density at radius 2 is 1.94 bits per heavy atom. The van der Waals surface area contributed by atoms with E-state index in [0.717, 1.165) is 29.1 Å². The monoisotopic (exact) mass is 281 g/mol. The van der Waals surface area contributed by atoms with Gasteiger partial charge in [0.05, 0.1) is 5.39 Å². The molecule has 2 atom stereocenters. The number of hydrogen-bond donors (Lipinski definition) is 0. The molecule has 0 spiro atoms. The van der Waals surface area contributed by atoms with E-state index in [2.05, 4.69) is 41.7 Å². The summed E-state index contributed by atoms with van der Waals surface area (Å²) in [5, 5.41) is 1.50. The number of anilines is 1. The summed E-state index contributed by atoms with van der Waals surface area (Å²) < 4.78 is 0. The molecule has 1 fully saturated rings. The number of thiophene rings is 1. The largest absolute Gasteiger partial charge is 0.355 e. The first-order chi connectivity index (χ1) is 8.54. The van der Waals surface area contributed by atoms with Crippen LogP contribution in [-0.2, 0) is 0 Å². The van der Waals surface area contributed by atoms with Gasteiger partial charge >= 0.3 is 0 Å². The van der Waals surface area contributed by atoms with Crippen LogP contribution < -0.4 is 4.90 Å². The van der Waals surface area contributed by atoms with Gasteiger partial charge in [-0.25, -0.2) is 4.98 Å². The molecule has 3 nitrogen and oxygen atoms in total. The molecule has 1 aliphatic rings. The molecule has 0 radical (unpaired) electrons. The van der Waals surface area contributed by atoms with Crippen LogP contribution in [0, 0.1) is 18.8 Å². The van der Waals surface area contributed by atoms with Gasteiger partial charge in [0.2, 0.25) is 5.28 Å². The molecule has 5 heteroatoms. The highest BCUT2D eigenvalue weighted by atomic mass is 35.5. The normalized spacial score (nSPS) is 24.1. The van der Waals surface area contributed by atoms with Crippen LogP contribution in [0.15, 0.2) is 6.07 Å². The quantitative estimate of drug-likeness (QED) is 0.746. The van der Waals surface area contributed by atoms with Gasteiger partial charge in [-0.1, -0.05) is 13.8 Å². The second kappa shape index (κ2) is 4.35. The molecule has 96 valence electrons. The van der Waals surface area contributed by atoms with E-state index in [1.807, 2.05) is 0 Å². The van der Waals surface area contributed by atoms with Gasteiger partial charge in [-0.3, -0.25) is 0 Å². The van der Waals surface area contributed by atoms with Crippen LogP contribution in [0.3, 0.4) is 0 Å². The molecule has 0 aromatic carbocycles.